The molecule has 0 aliphatic carbocycles. The van der Waals surface area contributed by atoms with Gasteiger partial charge >= 0.3 is 5.97 Å². The van der Waals surface area contributed by atoms with Gasteiger partial charge in [-0.2, -0.15) is 5.21 Å². The Kier molecular flexibility index (Phi) is 3.85. The molecule has 8 heteroatoms. The van der Waals surface area contributed by atoms with E-state index in [9.17, 15) is 9.59 Å². The number of carboxylic acids is 1. The second kappa shape index (κ2) is 5.56. The van der Waals surface area contributed by atoms with Crippen molar-refractivity contribution in [2.75, 3.05) is 13.1 Å². The van der Waals surface area contributed by atoms with Crippen molar-refractivity contribution in [3.8, 4) is 0 Å². The van der Waals surface area contributed by atoms with E-state index in [4.69, 9.17) is 5.11 Å². The molecule has 0 atom stereocenters. The van der Waals surface area contributed by atoms with Gasteiger partial charge in [0.2, 0.25) is 0 Å². The lowest BCUT2D eigenvalue weighted by Crippen LogP contribution is -2.39. The molecular formula is C10H15N5O3. The summed E-state index contributed by atoms with van der Waals surface area (Å²) in [5.41, 5.74) is 0. The van der Waals surface area contributed by atoms with Crippen molar-refractivity contribution < 1.29 is 14.7 Å². The highest BCUT2D eigenvalue weighted by Crippen LogP contribution is 2.22. The number of carbonyl (C=O) groups excluding carboxylic acids is 1. The quantitative estimate of drug-likeness (QED) is 0.776. The monoisotopic (exact) mass is 253 g/mol. The van der Waals surface area contributed by atoms with Crippen molar-refractivity contribution in [3.63, 3.8) is 0 Å². The molecule has 0 aromatic carbocycles. The zero-order chi connectivity index (χ0) is 13.0. The van der Waals surface area contributed by atoms with Crippen LogP contribution in [0.1, 0.15) is 36.3 Å². The van der Waals surface area contributed by atoms with E-state index in [1.165, 1.54) is 0 Å². The summed E-state index contributed by atoms with van der Waals surface area (Å²) in [6, 6.07) is 0. The molecule has 98 valence electrons. The zero-order valence-corrected chi connectivity index (χ0v) is 9.87. The van der Waals surface area contributed by atoms with Crippen LogP contribution in [0.15, 0.2) is 0 Å². The highest BCUT2D eigenvalue weighted by atomic mass is 16.4. The van der Waals surface area contributed by atoms with E-state index in [-0.39, 0.29) is 18.2 Å². The van der Waals surface area contributed by atoms with Crippen LogP contribution in [0.25, 0.3) is 0 Å². The molecule has 1 aromatic heterocycles. The third kappa shape index (κ3) is 3.02. The minimum Gasteiger partial charge on any atom is -0.481 e. The third-order valence-electron chi connectivity index (χ3n) is 3.20. The van der Waals surface area contributed by atoms with Crippen molar-refractivity contribution in [3.05, 3.63) is 5.82 Å². The molecule has 8 nitrogen and oxygen atoms in total. The summed E-state index contributed by atoms with van der Waals surface area (Å²) < 4.78 is 0. The van der Waals surface area contributed by atoms with Gasteiger partial charge in [-0.1, -0.05) is 0 Å². The van der Waals surface area contributed by atoms with Gasteiger partial charge < -0.3 is 10.0 Å². The largest absolute Gasteiger partial charge is 0.481 e. The number of likely N-dealkylation sites (tertiary alicyclic amines) is 1. The number of hydrogen-bond acceptors (Lipinski definition) is 5. The van der Waals surface area contributed by atoms with Gasteiger partial charge in [0.1, 0.15) is 0 Å². The lowest BCUT2D eigenvalue weighted by molar-refractivity contribution is -0.137. The van der Waals surface area contributed by atoms with Crippen LogP contribution in [-0.2, 0) is 4.79 Å². The number of aromatic nitrogens is 4. The third-order valence-corrected chi connectivity index (χ3v) is 3.20. The predicted molar refractivity (Wildman–Crippen MR) is 59.7 cm³/mol. The molecule has 0 bridgehead atoms. The Bertz CT molecular complexity index is 411. The first-order chi connectivity index (χ1) is 8.66. The highest BCUT2D eigenvalue weighted by molar-refractivity contribution is 5.90. The lowest BCUT2D eigenvalue weighted by atomic mass is 9.92. The van der Waals surface area contributed by atoms with Crippen LogP contribution in [0.5, 0.6) is 0 Å². The van der Waals surface area contributed by atoms with Crippen molar-refractivity contribution in [1.29, 1.82) is 0 Å². The van der Waals surface area contributed by atoms with E-state index in [0.717, 1.165) is 12.8 Å². The molecule has 1 saturated heterocycles. The first-order valence-corrected chi connectivity index (χ1v) is 5.91. The molecule has 2 N–H and O–H groups in total. The van der Waals surface area contributed by atoms with Gasteiger partial charge in [0.05, 0.1) is 0 Å². The van der Waals surface area contributed by atoms with Gasteiger partial charge in [0.15, 0.2) is 0 Å². The number of rotatable bonds is 4. The van der Waals surface area contributed by atoms with E-state index in [1.54, 1.807) is 4.90 Å². The number of tetrazole rings is 1. The standard InChI is InChI=1S/C10H15N5O3/c16-8(17)2-1-7-3-5-15(6-4-7)10(18)9-11-13-14-12-9/h7H,1-6H2,(H,16,17)(H,11,12,13,14). The van der Waals surface area contributed by atoms with Crippen LogP contribution in [-0.4, -0.2) is 55.6 Å². The fraction of sp³-hybridized carbons (Fsp3) is 0.700. The van der Waals surface area contributed by atoms with Crippen molar-refractivity contribution >= 4 is 11.9 Å². The first kappa shape index (κ1) is 12.5. The number of hydrogen-bond donors (Lipinski definition) is 2. The summed E-state index contributed by atoms with van der Waals surface area (Å²) in [7, 11) is 0. The number of nitrogens with zero attached hydrogens (tertiary/aromatic N) is 4. The molecule has 2 rings (SSSR count). The Hall–Kier alpha value is -1.99. The molecule has 0 saturated carbocycles. The number of aromatic amines is 1. The van der Waals surface area contributed by atoms with Crippen LogP contribution in [0.2, 0.25) is 0 Å². The molecular weight excluding hydrogens is 238 g/mol. The zero-order valence-electron chi connectivity index (χ0n) is 9.87. The number of piperidine rings is 1. The number of aliphatic carboxylic acids is 1. The summed E-state index contributed by atoms with van der Waals surface area (Å²) in [5, 5.41) is 21.5. The Labute approximate surface area is 103 Å². The number of carboxylic acid groups (broad SMARTS) is 1. The Morgan fingerprint density at radius 3 is 2.67 bits per heavy atom. The molecule has 1 aromatic rings. The molecule has 18 heavy (non-hydrogen) atoms. The fourth-order valence-corrected chi connectivity index (χ4v) is 2.15. The van der Waals surface area contributed by atoms with Crippen molar-refractivity contribution in [2.24, 2.45) is 5.92 Å². The van der Waals surface area contributed by atoms with E-state index in [1.807, 2.05) is 0 Å². The first-order valence-electron chi connectivity index (χ1n) is 5.91. The van der Waals surface area contributed by atoms with Gasteiger partial charge in [-0.3, -0.25) is 9.59 Å². The van der Waals surface area contributed by atoms with Gasteiger partial charge in [-0.15, -0.1) is 10.2 Å². The van der Waals surface area contributed by atoms with Crippen molar-refractivity contribution in [2.45, 2.75) is 25.7 Å². The average Bonchev–Trinajstić information content (AvgIpc) is 2.90. The maximum absolute atomic E-state index is 11.9. The second-order valence-electron chi connectivity index (χ2n) is 4.40. The molecule has 1 amide bonds. The second-order valence-corrected chi connectivity index (χ2v) is 4.40. The maximum atomic E-state index is 11.9. The molecule has 2 heterocycles. The topological polar surface area (TPSA) is 112 Å². The lowest BCUT2D eigenvalue weighted by Gasteiger charge is -2.30. The summed E-state index contributed by atoms with van der Waals surface area (Å²) in [6.07, 6.45) is 2.54. The summed E-state index contributed by atoms with van der Waals surface area (Å²) in [5.74, 6) is -0.518. The molecule has 0 spiro atoms. The highest BCUT2D eigenvalue weighted by Gasteiger charge is 2.25. The molecule has 0 unspecified atom stereocenters. The fourth-order valence-electron chi connectivity index (χ4n) is 2.15. The average molecular weight is 253 g/mol. The van der Waals surface area contributed by atoms with Crippen molar-refractivity contribution in [1.82, 2.24) is 25.5 Å². The molecule has 0 radical (unpaired) electrons. The minimum atomic E-state index is -0.764. The minimum absolute atomic E-state index is 0.0824. The van der Waals surface area contributed by atoms with E-state index >= 15 is 0 Å². The van der Waals surface area contributed by atoms with Crippen LogP contribution in [0.4, 0.5) is 0 Å². The number of carbonyl (C=O) groups is 2. The van der Waals surface area contributed by atoms with Gasteiger partial charge in [-0.05, 0) is 30.4 Å². The van der Waals surface area contributed by atoms with Crippen LogP contribution in [0.3, 0.4) is 0 Å². The maximum Gasteiger partial charge on any atom is 0.303 e. The summed E-state index contributed by atoms with van der Waals surface area (Å²) >= 11 is 0. The van der Waals surface area contributed by atoms with Gasteiger partial charge in [0, 0.05) is 19.5 Å². The number of amides is 1. The van der Waals surface area contributed by atoms with Crippen LogP contribution < -0.4 is 0 Å². The van der Waals surface area contributed by atoms with Crippen LogP contribution >= 0.6 is 0 Å². The van der Waals surface area contributed by atoms with Gasteiger partial charge in [0.25, 0.3) is 11.7 Å². The predicted octanol–water partition coefficient (Wildman–Crippen LogP) is -0.0833. The Balaban J connectivity index is 1.80. The number of nitrogens with one attached hydrogen (secondary N) is 1. The summed E-state index contributed by atoms with van der Waals surface area (Å²) in [4.78, 5) is 24.0. The molecule has 1 fully saturated rings. The van der Waals surface area contributed by atoms with E-state index < -0.39 is 5.97 Å². The Morgan fingerprint density at radius 2 is 2.11 bits per heavy atom. The SMILES string of the molecule is O=C(O)CCC1CCN(C(=O)c2nn[nH]n2)CC1. The van der Waals surface area contributed by atoms with Crippen LogP contribution in [0, 0.1) is 5.92 Å². The van der Waals surface area contributed by atoms with Gasteiger partial charge in [-0.25, -0.2) is 0 Å². The normalized spacial score (nSPS) is 16.8. The van der Waals surface area contributed by atoms with E-state index in [2.05, 4.69) is 20.6 Å². The van der Waals surface area contributed by atoms with E-state index in [0.29, 0.717) is 25.4 Å². The Morgan fingerprint density at radius 1 is 1.39 bits per heavy atom. The smallest absolute Gasteiger partial charge is 0.303 e. The molecule has 1 aliphatic rings. The number of H-pyrrole nitrogens is 1. The molecule has 1 aliphatic heterocycles. The summed E-state index contributed by atoms with van der Waals surface area (Å²) in [6.45, 7) is 1.25.